The van der Waals surface area contributed by atoms with Crippen molar-refractivity contribution in [2.75, 3.05) is 13.1 Å². The van der Waals surface area contributed by atoms with Crippen molar-refractivity contribution < 1.29 is 4.74 Å². The summed E-state index contributed by atoms with van der Waals surface area (Å²) in [6, 6.07) is 0.300. The molecule has 0 fully saturated rings. The number of nitrogens with zero attached hydrogens (tertiary/aromatic N) is 3. The molecule has 0 spiro atoms. The van der Waals surface area contributed by atoms with Gasteiger partial charge in [0.25, 0.3) is 6.26 Å². The Kier molecular flexibility index (Phi) is 8.55. The lowest BCUT2D eigenvalue weighted by atomic mass is 10.1. The lowest BCUT2D eigenvalue weighted by Gasteiger charge is -2.31. The summed E-state index contributed by atoms with van der Waals surface area (Å²) < 4.78 is 5.02. The van der Waals surface area contributed by atoms with E-state index >= 15 is 0 Å². The molecule has 1 rings (SSSR count). The van der Waals surface area contributed by atoms with Crippen molar-refractivity contribution in [1.82, 2.24) is 10.2 Å². The minimum atomic E-state index is 0.300. The van der Waals surface area contributed by atoms with E-state index < -0.39 is 0 Å². The summed E-state index contributed by atoms with van der Waals surface area (Å²) in [5, 5.41) is 12.2. The van der Waals surface area contributed by atoms with Gasteiger partial charge < -0.3 is 15.0 Å². The fourth-order valence-electron chi connectivity index (χ4n) is 2.62. The number of allylic oxidation sites excluding steroid dienone is 4. The molecule has 5 heteroatoms. The molecule has 0 amide bonds. The Bertz CT molecular complexity index is 633. The molecule has 136 valence electrons. The highest BCUT2D eigenvalue weighted by Crippen LogP contribution is 2.17. The van der Waals surface area contributed by atoms with Crippen molar-refractivity contribution in [3.8, 4) is 6.26 Å². The van der Waals surface area contributed by atoms with Crippen LogP contribution in [0.25, 0.3) is 0 Å². The van der Waals surface area contributed by atoms with Crippen molar-refractivity contribution in [2.45, 2.75) is 47.6 Å². The van der Waals surface area contributed by atoms with Gasteiger partial charge in [0, 0.05) is 30.9 Å². The summed E-state index contributed by atoms with van der Waals surface area (Å²) in [6.45, 7) is 14.3. The first-order chi connectivity index (χ1) is 11.9. The van der Waals surface area contributed by atoms with Crippen LogP contribution in [-0.4, -0.2) is 29.9 Å². The standard InChI is InChI=1S/C20H30N4O/c1-7-9-20(25-14-21)12-18(22-13-15(3)4)11-19-10-16(5)24(8-2)17(6)23-19/h7,9-12,15-16,22H,8,13H2,1-6H3/b9-7-,18-11-,20-12+. The third-order valence-corrected chi connectivity index (χ3v) is 3.76. The Morgan fingerprint density at radius 1 is 1.52 bits per heavy atom. The third kappa shape index (κ3) is 6.88. The Morgan fingerprint density at radius 2 is 2.24 bits per heavy atom. The lowest BCUT2D eigenvalue weighted by molar-refractivity contribution is 0.386. The lowest BCUT2D eigenvalue weighted by Crippen LogP contribution is -2.38. The van der Waals surface area contributed by atoms with Gasteiger partial charge in [-0.05, 0) is 51.8 Å². The summed E-state index contributed by atoms with van der Waals surface area (Å²) in [5.41, 5.74) is 1.78. The Balaban J connectivity index is 3.17. The van der Waals surface area contributed by atoms with Crippen LogP contribution in [0.1, 0.15) is 41.5 Å². The van der Waals surface area contributed by atoms with E-state index in [1.807, 2.05) is 32.1 Å². The molecule has 0 saturated carbocycles. The van der Waals surface area contributed by atoms with Gasteiger partial charge in [0.2, 0.25) is 0 Å². The summed E-state index contributed by atoms with van der Waals surface area (Å²) in [4.78, 5) is 6.93. The maximum absolute atomic E-state index is 8.82. The second-order valence-electron chi connectivity index (χ2n) is 6.39. The van der Waals surface area contributed by atoms with E-state index in [9.17, 15) is 0 Å². The van der Waals surface area contributed by atoms with E-state index in [0.717, 1.165) is 30.3 Å². The molecular weight excluding hydrogens is 312 g/mol. The average molecular weight is 342 g/mol. The van der Waals surface area contributed by atoms with Gasteiger partial charge in [0.15, 0.2) is 0 Å². The molecular formula is C20H30N4O. The molecule has 1 heterocycles. The maximum Gasteiger partial charge on any atom is 0.292 e. The number of aliphatic imine (C=N–C) groups is 1. The number of ether oxygens (including phenoxy) is 1. The van der Waals surface area contributed by atoms with Crippen molar-refractivity contribution in [3.63, 3.8) is 0 Å². The fourth-order valence-corrected chi connectivity index (χ4v) is 2.62. The van der Waals surface area contributed by atoms with Gasteiger partial charge in [-0.2, -0.15) is 0 Å². The number of rotatable bonds is 8. The molecule has 1 atom stereocenters. The predicted molar refractivity (Wildman–Crippen MR) is 104 cm³/mol. The Hall–Kier alpha value is -2.48. The molecule has 0 aromatic carbocycles. The number of nitriles is 1. The number of hydrogen-bond donors (Lipinski definition) is 1. The summed E-state index contributed by atoms with van der Waals surface area (Å²) in [6.07, 6.45) is 11.3. The zero-order valence-electron chi connectivity index (χ0n) is 16.2. The van der Waals surface area contributed by atoms with E-state index in [0.29, 0.717) is 17.7 Å². The SMILES string of the molecule is C\C=C/C(=C\C(=C\C1=CC(C)N(CC)C(C)=N1)NCC(C)C)OC#N. The van der Waals surface area contributed by atoms with Gasteiger partial charge >= 0.3 is 0 Å². The van der Waals surface area contributed by atoms with Crippen molar-refractivity contribution in [2.24, 2.45) is 10.9 Å². The summed E-state index contributed by atoms with van der Waals surface area (Å²) in [5.74, 6) is 2.00. The Morgan fingerprint density at radius 3 is 2.76 bits per heavy atom. The van der Waals surface area contributed by atoms with Gasteiger partial charge in [-0.25, -0.2) is 4.99 Å². The van der Waals surface area contributed by atoms with Crippen LogP contribution in [0.3, 0.4) is 0 Å². The second kappa shape index (κ2) is 10.4. The van der Waals surface area contributed by atoms with Gasteiger partial charge in [-0.3, -0.25) is 0 Å². The smallest absolute Gasteiger partial charge is 0.292 e. The zero-order chi connectivity index (χ0) is 18.8. The molecule has 1 unspecified atom stereocenters. The van der Waals surface area contributed by atoms with E-state index in [1.54, 1.807) is 12.3 Å². The van der Waals surface area contributed by atoms with Crippen LogP contribution >= 0.6 is 0 Å². The zero-order valence-corrected chi connectivity index (χ0v) is 16.2. The van der Waals surface area contributed by atoms with Crippen LogP contribution in [0.4, 0.5) is 0 Å². The number of amidine groups is 1. The van der Waals surface area contributed by atoms with Crippen LogP contribution < -0.4 is 5.32 Å². The maximum atomic E-state index is 8.82. The first-order valence-corrected chi connectivity index (χ1v) is 8.80. The summed E-state index contributed by atoms with van der Waals surface area (Å²) in [7, 11) is 0. The predicted octanol–water partition coefficient (Wildman–Crippen LogP) is 4.10. The van der Waals surface area contributed by atoms with Crippen LogP contribution in [-0.2, 0) is 4.74 Å². The van der Waals surface area contributed by atoms with Gasteiger partial charge in [0.1, 0.15) is 11.6 Å². The minimum absolute atomic E-state index is 0.300. The van der Waals surface area contributed by atoms with Gasteiger partial charge in [-0.1, -0.05) is 19.9 Å². The van der Waals surface area contributed by atoms with Gasteiger partial charge in [0.05, 0.1) is 5.70 Å². The highest BCUT2D eigenvalue weighted by Gasteiger charge is 2.16. The number of nitrogens with one attached hydrogen (secondary N) is 1. The van der Waals surface area contributed by atoms with Crippen molar-refractivity contribution >= 4 is 5.84 Å². The van der Waals surface area contributed by atoms with E-state index in [1.165, 1.54) is 0 Å². The molecule has 0 radical (unpaired) electrons. The number of hydrogen-bond acceptors (Lipinski definition) is 5. The fraction of sp³-hybridized carbons (Fsp3) is 0.500. The minimum Gasteiger partial charge on any atom is -0.388 e. The van der Waals surface area contributed by atoms with Crippen molar-refractivity contribution in [3.05, 3.63) is 47.5 Å². The number of likely N-dealkylation sites (N-methyl/N-ethyl adjacent to an activating group) is 1. The third-order valence-electron chi connectivity index (χ3n) is 3.76. The van der Waals surface area contributed by atoms with Crippen LogP contribution in [0.5, 0.6) is 0 Å². The summed E-state index contributed by atoms with van der Waals surface area (Å²) >= 11 is 0. The van der Waals surface area contributed by atoms with Crippen LogP contribution in [0.15, 0.2) is 52.5 Å². The molecule has 0 saturated heterocycles. The van der Waals surface area contributed by atoms with Crippen molar-refractivity contribution in [1.29, 1.82) is 5.26 Å². The highest BCUT2D eigenvalue weighted by atomic mass is 16.5. The molecule has 1 aliphatic rings. The molecule has 1 aliphatic heterocycles. The topological polar surface area (TPSA) is 60.6 Å². The normalized spacial score (nSPS) is 19.0. The Labute approximate surface area is 152 Å². The molecule has 0 aliphatic carbocycles. The van der Waals surface area contributed by atoms with Crippen LogP contribution in [0.2, 0.25) is 0 Å². The molecule has 0 aromatic heterocycles. The average Bonchev–Trinajstić information content (AvgIpc) is 2.52. The highest BCUT2D eigenvalue weighted by molar-refractivity contribution is 5.82. The van der Waals surface area contributed by atoms with Gasteiger partial charge in [-0.15, -0.1) is 5.26 Å². The van der Waals surface area contributed by atoms with Crippen LogP contribution in [0, 0.1) is 17.4 Å². The van der Waals surface area contributed by atoms with E-state index in [2.05, 4.69) is 49.0 Å². The van der Waals surface area contributed by atoms with E-state index in [4.69, 9.17) is 10.00 Å². The largest absolute Gasteiger partial charge is 0.388 e. The first-order valence-electron chi connectivity index (χ1n) is 8.80. The second-order valence-corrected chi connectivity index (χ2v) is 6.39. The van der Waals surface area contributed by atoms with E-state index in [-0.39, 0.29) is 0 Å². The molecule has 1 N–H and O–H groups in total. The molecule has 0 bridgehead atoms. The first kappa shape index (κ1) is 20.6. The monoisotopic (exact) mass is 342 g/mol. The quantitative estimate of drug-likeness (QED) is 0.410. The molecule has 5 nitrogen and oxygen atoms in total. The molecule has 25 heavy (non-hydrogen) atoms. The molecule has 0 aromatic rings.